The standard InChI is InChI=1S/C48H54N4O3/c1-6-31-19-45(52(26-31)48(54)30(5)32-11-8-7-9-12-32)42-22-35(25-49-42)33-14-16-37-36(20-33)27-55-46-24-38-34(21-40(37)46)15-17-41-39(38)23-43(50-41)44-13-10-18-51(44)47(53)29(4)28(2)3/h7-9,11-12,14,16,20-21,24-25,28-31,44-45H,6,10,13,15,17-19,22-23,26-27H2,1-5H3/t29-,30+,31-,44-,45-/m0/s1. The fraction of sp³-hybridized carbons (Fsp3) is 0.458. The molecule has 2 saturated heterocycles. The second-order valence-corrected chi connectivity index (χ2v) is 17.2. The van der Waals surface area contributed by atoms with E-state index < -0.39 is 0 Å². The minimum Gasteiger partial charge on any atom is -0.488 e. The fourth-order valence-electron chi connectivity index (χ4n) is 9.90. The van der Waals surface area contributed by atoms with Crippen molar-refractivity contribution in [2.45, 2.75) is 111 Å². The van der Waals surface area contributed by atoms with Crippen molar-refractivity contribution in [2.24, 2.45) is 27.7 Å². The van der Waals surface area contributed by atoms with Gasteiger partial charge in [0.2, 0.25) is 11.8 Å². The first-order valence-corrected chi connectivity index (χ1v) is 20.8. The van der Waals surface area contributed by atoms with Gasteiger partial charge < -0.3 is 14.5 Å². The lowest BCUT2D eigenvalue weighted by Crippen LogP contribution is -2.43. The predicted octanol–water partition coefficient (Wildman–Crippen LogP) is 9.65. The molecule has 284 valence electrons. The smallest absolute Gasteiger partial charge is 0.230 e. The molecule has 5 atom stereocenters. The predicted molar refractivity (Wildman–Crippen MR) is 221 cm³/mol. The van der Waals surface area contributed by atoms with Crippen molar-refractivity contribution < 1.29 is 14.3 Å². The third kappa shape index (κ3) is 6.37. The number of ether oxygens (including phenoxy) is 1. The summed E-state index contributed by atoms with van der Waals surface area (Å²) in [7, 11) is 0. The molecule has 5 heterocycles. The molecule has 3 aromatic rings. The Morgan fingerprint density at radius 3 is 2.49 bits per heavy atom. The monoisotopic (exact) mass is 734 g/mol. The SMILES string of the molecule is CC[C@H]1C[C@@H](C2=NC=C(c3ccc4c(c3)COc3cc5c(cc3-4)CCC3=C5CC([C@@H]4CCCN4C(=O)[C@@H](C)C(C)C)=N3)C2)N(C(=O)[C@H](C)c2ccccc2)C1. The molecule has 0 bridgehead atoms. The van der Waals surface area contributed by atoms with Crippen LogP contribution < -0.4 is 4.74 Å². The maximum atomic E-state index is 13.9. The average molecular weight is 735 g/mol. The number of benzene rings is 3. The van der Waals surface area contributed by atoms with Gasteiger partial charge in [-0.25, -0.2) is 0 Å². The number of carbonyl (C=O) groups is 2. The molecule has 7 nitrogen and oxygen atoms in total. The number of likely N-dealkylation sites (tertiary alicyclic amines) is 2. The van der Waals surface area contributed by atoms with Crippen LogP contribution in [0.25, 0.3) is 22.3 Å². The zero-order chi connectivity index (χ0) is 38.0. The van der Waals surface area contributed by atoms with Crippen molar-refractivity contribution in [3.63, 3.8) is 0 Å². The molecule has 2 amide bonds. The molecule has 9 rings (SSSR count). The number of carbonyl (C=O) groups excluding carboxylic acids is 2. The third-order valence-electron chi connectivity index (χ3n) is 13.7. The fourth-order valence-corrected chi connectivity index (χ4v) is 9.90. The molecule has 7 heteroatoms. The van der Waals surface area contributed by atoms with Crippen LogP contribution in [-0.4, -0.2) is 58.2 Å². The molecule has 0 N–H and O–H groups in total. The molecular weight excluding hydrogens is 681 g/mol. The van der Waals surface area contributed by atoms with E-state index in [9.17, 15) is 9.59 Å². The highest BCUT2D eigenvalue weighted by Gasteiger charge is 2.41. The molecule has 1 aliphatic carbocycles. The van der Waals surface area contributed by atoms with Crippen LogP contribution in [0, 0.1) is 17.8 Å². The first-order chi connectivity index (χ1) is 26.7. The maximum Gasteiger partial charge on any atom is 0.230 e. The van der Waals surface area contributed by atoms with Crippen LogP contribution >= 0.6 is 0 Å². The Labute approximate surface area is 326 Å². The molecule has 0 spiro atoms. The van der Waals surface area contributed by atoms with E-state index in [2.05, 4.69) is 80.0 Å². The van der Waals surface area contributed by atoms with Crippen LogP contribution in [0.2, 0.25) is 0 Å². The van der Waals surface area contributed by atoms with Crippen molar-refractivity contribution >= 4 is 34.4 Å². The molecule has 3 aromatic carbocycles. The van der Waals surface area contributed by atoms with Crippen LogP contribution in [0.15, 0.2) is 82.5 Å². The summed E-state index contributed by atoms with van der Waals surface area (Å²) in [6.45, 7) is 12.8. The maximum absolute atomic E-state index is 13.9. The Balaban J connectivity index is 0.900. The number of allylic oxidation sites excluding steroid dienone is 3. The van der Waals surface area contributed by atoms with E-state index in [0.717, 1.165) is 81.5 Å². The Kier molecular flexibility index (Phi) is 9.38. The highest BCUT2D eigenvalue weighted by atomic mass is 16.5. The van der Waals surface area contributed by atoms with E-state index in [1.807, 2.05) is 31.3 Å². The highest BCUT2D eigenvalue weighted by molar-refractivity contribution is 6.06. The molecule has 55 heavy (non-hydrogen) atoms. The van der Waals surface area contributed by atoms with Gasteiger partial charge >= 0.3 is 0 Å². The summed E-state index contributed by atoms with van der Waals surface area (Å²) in [6.07, 6.45) is 9.60. The summed E-state index contributed by atoms with van der Waals surface area (Å²) in [5.74, 6) is 2.09. The first kappa shape index (κ1) is 35.9. The van der Waals surface area contributed by atoms with E-state index in [-0.39, 0.29) is 35.7 Å². The lowest BCUT2D eigenvalue weighted by molar-refractivity contribution is -0.136. The van der Waals surface area contributed by atoms with Crippen molar-refractivity contribution in [1.82, 2.24) is 9.80 Å². The largest absolute Gasteiger partial charge is 0.488 e. The van der Waals surface area contributed by atoms with Crippen molar-refractivity contribution in [3.05, 3.63) is 100 Å². The summed E-state index contributed by atoms with van der Waals surface area (Å²) < 4.78 is 6.53. The number of hydrogen-bond donors (Lipinski definition) is 0. The molecule has 0 aromatic heterocycles. The van der Waals surface area contributed by atoms with Gasteiger partial charge in [-0.2, -0.15) is 0 Å². The summed E-state index contributed by atoms with van der Waals surface area (Å²) in [4.78, 5) is 41.8. The lowest BCUT2D eigenvalue weighted by Gasteiger charge is -2.29. The van der Waals surface area contributed by atoms with Gasteiger partial charge in [-0.1, -0.05) is 76.6 Å². The number of amides is 2. The number of aliphatic imine (C=N–C) groups is 2. The summed E-state index contributed by atoms with van der Waals surface area (Å²) in [5.41, 5.74) is 14.5. The lowest BCUT2D eigenvalue weighted by atomic mass is 9.83. The molecule has 6 aliphatic rings. The third-order valence-corrected chi connectivity index (χ3v) is 13.7. The van der Waals surface area contributed by atoms with Crippen molar-refractivity contribution in [2.75, 3.05) is 13.1 Å². The highest BCUT2D eigenvalue weighted by Crippen LogP contribution is 2.47. The molecule has 2 fully saturated rings. The van der Waals surface area contributed by atoms with Crippen LogP contribution in [0.4, 0.5) is 0 Å². The molecule has 0 saturated carbocycles. The van der Waals surface area contributed by atoms with Crippen LogP contribution in [0.3, 0.4) is 0 Å². The Morgan fingerprint density at radius 2 is 1.69 bits per heavy atom. The van der Waals surface area contributed by atoms with Gasteiger partial charge in [-0.15, -0.1) is 0 Å². The van der Waals surface area contributed by atoms with Gasteiger partial charge in [0.25, 0.3) is 0 Å². The Hall–Kier alpha value is -4.78. The quantitative estimate of drug-likeness (QED) is 0.231. The van der Waals surface area contributed by atoms with Gasteiger partial charge in [0.1, 0.15) is 12.4 Å². The van der Waals surface area contributed by atoms with Crippen LogP contribution in [-0.2, 0) is 22.6 Å². The van der Waals surface area contributed by atoms with E-state index in [0.29, 0.717) is 18.4 Å². The molecule has 5 aliphatic heterocycles. The van der Waals surface area contributed by atoms with E-state index in [1.54, 1.807) is 0 Å². The van der Waals surface area contributed by atoms with E-state index in [4.69, 9.17) is 14.7 Å². The van der Waals surface area contributed by atoms with Crippen LogP contribution in [0.1, 0.15) is 113 Å². The average Bonchev–Trinajstić information content (AvgIpc) is 4.04. The number of aryl methyl sites for hydroxylation is 1. The second-order valence-electron chi connectivity index (χ2n) is 17.2. The van der Waals surface area contributed by atoms with E-state index >= 15 is 0 Å². The summed E-state index contributed by atoms with van der Waals surface area (Å²) in [6, 6.07) is 21.7. The Morgan fingerprint density at radius 1 is 0.855 bits per heavy atom. The van der Waals surface area contributed by atoms with Crippen molar-refractivity contribution in [1.29, 1.82) is 0 Å². The molecule has 0 unspecified atom stereocenters. The second kappa shape index (κ2) is 14.4. The number of fused-ring (bicyclic) bond motifs is 5. The van der Waals surface area contributed by atoms with Gasteiger partial charge in [-0.05, 0) is 114 Å². The molecular formula is C48H54N4O3. The topological polar surface area (TPSA) is 74.6 Å². The van der Waals surface area contributed by atoms with Gasteiger partial charge in [-0.3, -0.25) is 19.6 Å². The summed E-state index contributed by atoms with van der Waals surface area (Å²) in [5, 5.41) is 0. The number of nitrogens with zero attached hydrogens (tertiary/aromatic N) is 4. The van der Waals surface area contributed by atoms with Gasteiger partial charge in [0, 0.05) is 60.7 Å². The first-order valence-electron chi connectivity index (χ1n) is 20.8. The number of hydrogen-bond acceptors (Lipinski definition) is 5. The minimum absolute atomic E-state index is 0.0251. The zero-order valence-electron chi connectivity index (χ0n) is 33.1. The van der Waals surface area contributed by atoms with E-state index in [1.165, 1.54) is 55.9 Å². The molecule has 0 radical (unpaired) electrons. The minimum atomic E-state index is -0.177. The van der Waals surface area contributed by atoms with Crippen LogP contribution in [0.5, 0.6) is 5.75 Å². The Bertz CT molecular complexity index is 2180. The van der Waals surface area contributed by atoms with Crippen molar-refractivity contribution in [3.8, 4) is 16.9 Å². The normalized spacial score (nSPS) is 23.7. The van der Waals surface area contributed by atoms with Gasteiger partial charge in [0.15, 0.2) is 0 Å². The van der Waals surface area contributed by atoms with Gasteiger partial charge in [0.05, 0.1) is 18.0 Å². The number of rotatable bonds is 8. The zero-order valence-corrected chi connectivity index (χ0v) is 33.1. The summed E-state index contributed by atoms with van der Waals surface area (Å²) >= 11 is 0.